The molecule has 118 valence electrons. The maximum Gasteiger partial charge on any atom is 0.175 e. The molecule has 1 aliphatic heterocycles. The Bertz CT molecular complexity index is 540. The van der Waals surface area contributed by atoms with Gasteiger partial charge in [-0.3, -0.25) is 0 Å². The number of sulfone groups is 1. The number of rotatable bonds is 5. The van der Waals surface area contributed by atoms with Crippen LogP contribution in [0, 0.1) is 0 Å². The monoisotopic (exact) mass is 310 g/mol. The molecule has 0 amide bonds. The number of nitrogens with one attached hydrogen (secondary N) is 1. The van der Waals surface area contributed by atoms with Crippen LogP contribution in [0.3, 0.4) is 0 Å². The van der Waals surface area contributed by atoms with Crippen LogP contribution in [0.15, 0.2) is 29.2 Å². The molecule has 1 aromatic carbocycles. The predicted octanol–water partition coefficient (Wildman–Crippen LogP) is 2.77. The zero-order valence-electron chi connectivity index (χ0n) is 13.0. The summed E-state index contributed by atoms with van der Waals surface area (Å²) in [5.74, 6) is 0. The van der Waals surface area contributed by atoms with Crippen molar-refractivity contribution < 1.29 is 8.42 Å². The van der Waals surface area contributed by atoms with E-state index < -0.39 is 9.84 Å². The van der Waals surface area contributed by atoms with Crippen LogP contribution < -0.4 is 5.32 Å². The molecular weight excluding hydrogens is 284 g/mol. The molecule has 1 heterocycles. The van der Waals surface area contributed by atoms with E-state index in [-0.39, 0.29) is 0 Å². The highest BCUT2D eigenvalue weighted by molar-refractivity contribution is 7.90. The third kappa shape index (κ3) is 5.00. The van der Waals surface area contributed by atoms with E-state index in [0.29, 0.717) is 10.9 Å². The lowest BCUT2D eigenvalue weighted by Crippen LogP contribution is -2.27. The summed E-state index contributed by atoms with van der Waals surface area (Å²) in [5.41, 5.74) is 1.01. The maximum atomic E-state index is 11.5. The number of anilines is 1. The van der Waals surface area contributed by atoms with Gasteiger partial charge in [0.2, 0.25) is 0 Å². The number of nitrogens with zero attached hydrogens (tertiary/aromatic N) is 1. The normalized spacial score (nSPS) is 21.0. The zero-order valence-corrected chi connectivity index (χ0v) is 13.8. The molecule has 2 rings (SSSR count). The summed E-state index contributed by atoms with van der Waals surface area (Å²) in [6.45, 7) is 5.76. The maximum absolute atomic E-state index is 11.5. The van der Waals surface area contributed by atoms with E-state index in [9.17, 15) is 8.42 Å². The molecule has 21 heavy (non-hydrogen) atoms. The van der Waals surface area contributed by atoms with Crippen molar-refractivity contribution in [3.8, 4) is 0 Å². The fourth-order valence-electron chi connectivity index (χ4n) is 2.87. The van der Waals surface area contributed by atoms with Crippen LogP contribution in [0.4, 0.5) is 5.69 Å². The van der Waals surface area contributed by atoms with Crippen molar-refractivity contribution in [2.75, 3.05) is 31.2 Å². The lowest BCUT2D eigenvalue weighted by atomic mass is 10.1. The summed E-state index contributed by atoms with van der Waals surface area (Å²) in [6, 6.07) is 7.57. The SMILES string of the molecule is CCCN1CCCC(Nc2ccc(S(C)(=O)=O)cc2)CC1. The standard InChI is InChI=1S/C16H26N2O2S/c1-3-11-18-12-4-5-14(10-13-18)17-15-6-8-16(9-7-15)21(2,19)20/h6-9,14,17H,3-5,10-13H2,1-2H3. The van der Waals surface area contributed by atoms with Crippen LogP contribution in [0.5, 0.6) is 0 Å². The fraction of sp³-hybridized carbons (Fsp3) is 0.625. The molecule has 5 heteroatoms. The number of benzene rings is 1. The van der Waals surface area contributed by atoms with Gasteiger partial charge in [0.05, 0.1) is 4.90 Å². The average Bonchev–Trinajstić information content (AvgIpc) is 2.65. The van der Waals surface area contributed by atoms with Gasteiger partial charge in [0.1, 0.15) is 0 Å². The topological polar surface area (TPSA) is 49.4 Å². The molecule has 0 radical (unpaired) electrons. The highest BCUT2D eigenvalue weighted by Crippen LogP contribution is 2.19. The highest BCUT2D eigenvalue weighted by atomic mass is 32.2. The Morgan fingerprint density at radius 3 is 2.52 bits per heavy atom. The first kappa shape index (κ1) is 16.3. The molecule has 0 bridgehead atoms. The molecule has 1 atom stereocenters. The highest BCUT2D eigenvalue weighted by Gasteiger charge is 2.16. The third-order valence-electron chi connectivity index (χ3n) is 4.01. The second-order valence-electron chi connectivity index (χ2n) is 5.91. The van der Waals surface area contributed by atoms with Crippen LogP contribution in [0.1, 0.15) is 32.6 Å². The van der Waals surface area contributed by atoms with Crippen molar-refractivity contribution in [1.82, 2.24) is 4.90 Å². The first-order valence-corrected chi connectivity index (χ1v) is 9.67. The Balaban J connectivity index is 1.92. The van der Waals surface area contributed by atoms with Gasteiger partial charge in [-0.2, -0.15) is 0 Å². The number of likely N-dealkylation sites (tertiary alicyclic amines) is 1. The molecule has 0 aliphatic carbocycles. The van der Waals surface area contributed by atoms with Gasteiger partial charge < -0.3 is 10.2 Å². The van der Waals surface area contributed by atoms with Crippen molar-refractivity contribution >= 4 is 15.5 Å². The number of hydrogen-bond acceptors (Lipinski definition) is 4. The van der Waals surface area contributed by atoms with Crippen LogP contribution in [0.25, 0.3) is 0 Å². The molecule has 0 saturated carbocycles. The van der Waals surface area contributed by atoms with Crippen molar-refractivity contribution in [2.45, 2.75) is 43.5 Å². The smallest absolute Gasteiger partial charge is 0.175 e. The summed E-state index contributed by atoms with van der Waals surface area (Å²) in [4.78, 5) is 2.91. The van der Waals surface area contributed by atoms with E-state index in [1.165, 1.54) is 38.6 Å². The number of hydrogen-bond donors (Lipinski definition) is 1. The largest absolute Gasteiger partial charge is 0.382 e. The van der Waals surface area contributed by atoms with Crippen molar-refractivity contribution in [1.29, 1.82) is 0 Å². The summed E-state index contributed by atoms with van der Waals surface area (Å²) in [6.07, 6.45) is 6.00. The van der Waals surface area contributed by atoms with E-state index in [2.05, 4.69) is 17.1 Å². The van der Waals surface area contributed by atoms with E-state index >= 15 is 0 Å². The van der Waals surface area contributed by atoms with E-state index in [1.54, 1.807) is 12.1 Å². The molecule has 1 N–H and O–H groups in total. The van der Waals surface area contributed by atoms with Gasteiger partial charge in [0.15, 0.2) is 9.84 Å². The van der Waals surface area contributed by atoms with Crippen molar-refractivity contribution in [2.24, 2.45) is 0 Å². The molecule has 1 saturated heterocycles. The predicted molar refractivity (Wildman–Crippen MR) is 87.5 cm³/mol. The van der Waals surface area contributed by atoms with Crippen LogP contribution in [-0.2, 0) is 9.84 Å². The quantitative estimate of drug-likeness (QED) is 0.908. The van der Waals surface area contributed by atoms with Gasteiger partial charge in [-0.05, 0) is 63.0 Å². The Morgan fingerprint density at radius 2 is 1.90 bits per heavy atom. The van der Waals surface area contributed by atoms with Crippen LogP contribution in [-0.4, -0.2) is 45.2 Å². The van der Waals surface area contributed by atoms with Crippen LogP contribution >= 0.6 is 0 Å². The fourth-order valence-corrected chi connectivity index (χ4v) is 3.50. The molecule has 1 fully saturated rings. The van der Waals surface area contributed by atoms with E-state index in [0.717, 1.165) is 18.7 Å². The molecule has 1 unspecified atom stereocenters. The van der Waals surface area contributed by atoms with Crippen molar-refractivity contribution in [3.05, 3.63) is 24.3 Å². The first-order chi connectivity index (χ1) is 9.99. The van der Waals surface area contributed by atoms with Gasteiger partial charge in [-0.15, -0.1) is 0 Å². The van der Waals surface area contributed by atoms with Gasteiger partial charge >= 0.3 is 0 Å². The van der Waals surface area contributed by atoms with E-state index in [4.69, 9.17) is 0 Å². The summed E-state index contributed by atoms with van der Waals surface area (Å²) in [5, 5.41) is 3.54. The molecule has 0 aromatic heterocycles. The second-order valence-corrected chi connectivity index (χ2v) is 7.93. The zero-order chi connectivity index (χ0) is 15.3. The average molecular weight is 310 g/mol. The second kappa shape index (κ2) is 7.27. The minimum Gasteiger partial charge on any atom is -0.382 e. The van der Waals surface area contributed by atoms with Gasteiger partial charge in [0, 0.05) is 24.5 Å². The minimum atomic E-state index is -3.11. The first-order valence-electron chi connectivity index (χ1n) is 7.78. The molecular formula is C16H26N2O2S. The Labute approximate surface area is 128 Å². The lowest BCUT2D eigenvalue weighted by molar-refractivity contribution is 0.285. The minimum absolute atomic E-state index is 0.378. The molecule has 1 aromatic rings. The summed E-state index contributed by atoms with van der Waals surface area (Å²) < 4.78 is 22.9. The molecule has 1 aliphatic rings. The summed E-state index contributed by atoms with van der Waals surface area (Å²) >= 11 is 0. The molecule has 0 spiro atoms. The molecule has 4 nitrogen and oxygen atoms in total. The lowest BCUT2D eigenvalue weighted by Gasteiger charge is -2.20. The summed E-state index contributed by atoms with van der Waals surface area (Å²) in [7, 11) is -3.11. The third-order valence-corrected chi connectivity index (χ3v) is 5.14. The Kier molecular flexibility index (Phi) is 5.65. The van der Waals surface area contributed by atoms with Crippen molar-refractivity contribution in [3.63, 3.8) is 0 Å². The Hall–Kier alpha value is -1.07. The van der Waals surface area contributed by atoms with Gasteiger partial charge in [-0.1, -0.05) is 6.92 Å². The van der Waals surface area contributed by atoms with E-state index in [1.807, 2.05) is 12.1 Å². The van der Waals surface area contributed by atoms with Crippen LogP contribution in [0.2, 0.25) is 0 Å². The Morgan fingerprint density at radius 1 is 1.19 bits per heavy atom. The van der Waals surface area contributed by atoms with Gasteiger partial charge in [0.25, 0.3) is 0 Å². The van der Waals surface area contributed by atoms with Gasteiger partial charge in [-0.25, -0.2) is 8.42 Å².